The number of hydrogen-bond donors (Lipinski definition) is 2. The Balaban J connectivity index is 2.60. The number of halogens is 2. The minimum Gasteiger partial charge on any atom is -0.481 e. The lowest BCUT2D eigenvalue weighted by atomic mass is 9.56. The van der Waals surface area contributed by atoms with Crippen LogP contribution in [0.15, 0.2) is 22.0 Å². The number of carboxylic acid groups (broad SMARTS) is 2. The first kappa shape index (κ1) is 14.2. The quantitative estimate of drug-likeness (QED) is 0.832. The maximum Gasteiger partial charge on any atom is 0.334 e. The highest BCUT2D eigenvalue weighted by molar-refractivity contribution is 9.11. The Hall–Kier alpha value is -1.17. The Labute approximate surface area is 118 Å². The molecule has 2 aliphatic carbocycles. The summed E-state index contributed by atoms with van der Waals surface area (Å²) in [5, 5.41) is 18.8. The van der Waals surface area contributed by atoms with Crippen LogP contribution in [0.4, 0.5) is 4.39 Å². The number of aliphatic carboxylic acids is 2. The van der Waals surface area contributed by atoms with Crippen LogP contribution in [-0.2, 0) is 9.59 Å². The topological polar surface area (TPSA) is 74.6 Å². The second kappa shape index (κ2) is 4.74. The predicted molar refractivity (Wildman–Crippen MR) is 69.4 cm³/mol. The molecule has 0 bridgehead atoms. The van der Waals surface area contributed by atoms with E-state index < -0.39 is 34.7 Å². The highest BCUT2D eigenvalue weighted by Crippen LogP contribution is 2.57. The van der Waals surface area contributed by atoms with Crippen molar-refractivity contribution in [3.05, 3.63) is 22.0 Å². The van der Waals surface area contributed by atoms with Crippen LogP contribution in [-0.4, -0.2) is 22.2 Å². The lowest BCUT2D eigenvalue weighted by Crippen LogP contribution is -2.49. The molecule has 2 atom stereocenters. The average molecular weight is 333 g/mol. The van der Waals surface area contributed by atoms with Crippen molar-refractivity contribution in [3.63, 3.8) is 0 Å². The molecular weight excluding hydrogens is 319 g/mol. The van der Waals surface area contributed by atoms with Gasteiger partial charge in [0.05, 0.1) is 5.57 Å². The third-order valence-corrected chi connectivity index (χ3v) is 5.24. The molecule has 104 valence electrons. The summed E-state index contributed by atoms with van der Waals surface area (Å²) in [6.07, 6.45) is 3.35. The lowest BCUT2D eigenvalue weighted by Gasteiger charge is -2.47. The van der Waals surface area contributed by atoms with Crippen molar-refractivity contribution in [2.75, 3.05) is 0 Å². The fourth-order valence-corrected chi connectivity index (χ4v) is 4.15. The lowest BCUT2D eigenvalue weighted by molar-refractivity contribution is -0.154. The van der Waals surface area contributed by atoms with E-state index in [0.717, 1.165) is 12.5 Å². The molecule has 0 amide bonds. The molecule has 19 heavy (non-hydrogen) atoms. The van der Waals surface area contributed by atoms with Crippen LogP contribution >= 0.6 is 15.9 Å². The van der Waals surface area contributed by atoms with E-state index in [9.17, 15) is 19.1 Å². The number of rotatable bonds is 3. The molecule has 2 rings (SSSR count). The van der Waals surface area contributed by atoms with E-state index >= 15 is 0 Å². The standard InChI is InChI=1S/C13H14BrFO4/c1-6-10(11(16)17)8(15)5-9(14)13(6,12(18)19)7-3-2-4-7/h5-7H,2-4H2,1H3,(H,16,17)(H,18,19). The Kier molecular flexibility index (Phi) is 3.55. The van der Waals surface area contributed by atoms with Crippen molar-refractivity contribution in [1.82, 2.24) is 0 Å². The van der Waals surface area contributed by atoms with Gasteiger partial charge in [-0.05, 0) is 24.8 Å². The van der Waals surface area contributed by atoms with Crippen LogP contribution in [0.1, 0.15) is 26.2 Å². The Morgan fingerprint density at radius 2 is 2.00 bits per heavy atom. The maximum absolute atomic E-state index is 13.8. The van der Waals surface area contributed by atoms with Crippen molar-refractivity contribution < 1.29 is 24.2 Å². The van der Waals surface area contributed by atoms with Gasteiger partial charge in [0.25, 0.3) is 0 Å². The van der Waals surface area contributed by atoms with Gasteiger partial charge in [0.15, 0.2) is 0 Å². The Bertz CT molecular complexity index is 507. The number of carbonyl (C=O) groups is 2. The summed E-state index contributed by atoms with van der Waals surface area (Å²) in [6, 6.07) is 0. The van der Waals surface area contributed by atoms with E-state index in [2.05, 4.69) is 15.9 Å². The van der Waals surface area contributed by atoms with E-state index in [4.69, 9.17) is 5.11 Å². The predicted octanol–water partition coefficient (Wildman–Crippen LogP) is 3.09. The minimum atomic E-state index is -1.40. The summed E-state index contributed by atoms with van der Waals surface area (Å²) < 4.78 is 14.0. The third kappa shape index (κ3) is 1.84. The maximum atomic E-state index is 13.8. The van der Waals surface area contributed by atoms with Crippen molar-refractivity contribution in [2.24, 2.45) is 17.3 Å². The first-order valence-corrected chi connectivity index (χ1v) is 6.86. The van der Waals surface area contributed by atoms with Gasteiger partial charge >= 0.3 is 11.9 Å². The SMILES string of the molecule is CC1C(C(=O)O)=C(F)C=C(Br)C1(C(=O)O)C1CCC1. The largest absolute Gasteiger partial charge is 0.481 e. The van der Waals surface area contributed by atoms with Gasteiger partial charge in [-0.15, -0.1) is 0 Å². The fourth-order valence-electron chi connectivity index (χ4n) is 3.11. The van der Waals surface area contributed by atoms with Crippen molar-refractivity contribution in [2.45, 2.75) is 26.2 Å². The van der Waals surface area contributed by atoms with Gasteiger partial charge in [-0.3, -0.25) is 4.79 Å². The molecule has 1 fully saturated rings. The van der Waals surface area contributed by atoms with Crippen LogP contribution in [0.3, 0.4) is 0 Å². The van der Waals surface area contributed by atoms with Crippen molar-refractivity contribution in [3.8, 4) is 0 Å². The van der Waals surface area contributed by atoms with E-state index in [0.29, 0.717) is 12.8 Å². The van der Waals surface area contributed by atoms with Gasteiger partial charge in [-0.2, -0.15) is 0 Å². The summed E-state index contributed by atoms with van der Waals surface area (Å²) in [7, 11) is 0. The van der Waals surface area contributed by atoms with Gasteiger partial charge < -0.3 is 10.2 Å². The van der Waals surface area contributed by atoms with Gasteiger partial charge in [0, 0.05) is 10.4 Å². The summed E-state index contributed by atoms with van der Waals surface area (Å²) in [5.74, 6) is -4.44. The molecule has 0 aromatic rings. The second-order valence-corrected chi connectivity index (χ2v) is 5.94. The molecule has 0 spiro atoms. The number of carboxylic acids is 2. The summed E-state index contributed by atoms with van der Waals surface area (Å²) in [6.45, 7) is 1.48. The smallest absolute Gasteiger partial charge is 0.334 e. The highest BCUT2D eigenvalue weighted by Gasteiger charge is 2.57. The first-order chi connectivity index (χ1) is 8.83. The van der Waals surface area contributed by atoms with Crippen LogP contribution in [0.5, 0.6) is 0 Å². The Morgan fingerprint density at radius 1 is 1.42 bits per heavy atom. The van der Waals surface area contributed by atoms with Crippen molar-refractivity contribution >= 4 is 27.9 Å². The zero-order chi connectivity index (χ0) is 14.4. The molecule has 0 aromatic carbocycles. The van der Waals surface area contributed by atoms with Crippen molar-refractivity contribution in [1.29, 1.82) is 0 Å². The number of hydrogen-bond acceptors (Lipinski definition) is 2. The summed E-state index contributed by atoms with van der Waals surface area (Å²) in [5.41, 5.74) is -1.81. The van der Waals surface area contributed by atoms with Gasteiger partial charge in [-0.25, -0.2) is 9.18 Å². The van der Waals surface area contributed by atoms with E-state index in [1.807, 2.05) is 0 Å². The molecule has 0 saturated heterocycles. The molecule has 4 nitrogen and oxygen atoms in total. The summed E-state index contributed by atoms with van der Waals surface area (Å²) >= 11 is 3.16. The molecule has 2 aliphatic rings. The molecule has 6 heteroatoms. The molecule has 0 aromatic heterocycles. The zero-order valence-electron chi connectivity index (χ0n) is 10.3. The molecule has 0 radical (unpaired) electrons. The molecule has 2 N–H and O–H groups in total. The highest BCUT2D eigenvalue weighted by atomic mass is 79.9. The van der Waals surface area contributed by atoms with Crippen LogP contribution in [0, 0.1) is 17.3 Å². The summed E-state index contributed by atoms with van der Waals surface area (Å²) in [4.78, 5) is 23.0. The van der Waals surface area contributed by atoms with Crippen LogP contribution in [0.25, 0.3) is 0 Å². The average Bonchev–Trinajstić information content (AvgIpc) is 2.19. The molecule has 0 heterocycles. The molecule has 1 saturated carbocycles. The molecule has 2 unspecified atom stereocenters. The van der Waals surface area contributed by atoms with Crippen LogP contribution < -0.4 is 0 Å². The zero-order valence-corrected chi connectivity index (χ0v) is 11.9. The van der Waals surface area contributed by atoms with Gasteiger partial charge in [0.2, 0.25) is 0 Å². The van der Waals surface area contributed by atoms with E-state index in [1.54, 1.807) is 0 Å². The molecule has 0 aliphatic heterocycles. The van der Waals surface area contributed by atoms with Gasteiger partial charge in [-0.1, -0.05) is 29.3 Å². The monoisotopic (exact) mass is 332 g/mol. The van der Waals surface area contributed by atoms with E-state index in [1.165, 1.54) is 6.92 Å². The third-order valence-electron chi connectivity index (χ3n) is 4.36. The Morgan fingerprint density at radius 3 is 2.37 bits per heavy atom. The second-order valence-electron chi connectivity index (χ2n) is 5.08. The fraction of sp³-hybridized carbons (Fsp3) is 0.538. The number of allylic oxidation sites excluding steroid dienone is 2. The van der Waals surface area contributed by atoms with E-state index in [-0.39, 0.29) is 10.4 Å². The molecular formula is C13H14BrFO4. The minimum absolute atomic E-state index is 0.159. The van der Waals surface area contributed by atoms with Crippen LogP contribution in [0.2, 0.25) is 0 Å². The first-order valence-electron chi connectivity index (χ1n) is 6.07. The normalized spacial score (nSPS) is 31.7. The van der Waals surface area contributed by atoms with Gasteiger partial charge in [0.1, 0.15) is 11.2 Å².